The van der Waals surface area contributed by atoms with Gasteiger partial charge in [-0.1, -0.05) is 0 Å². The van der Waals surface area contributed by atoms with E-state index in [1.54, 1.807) is 4.68 Å². The molecule has 0 saturated carbocycles. The average molecular weight is 371 g/mol. The number of benzene rings is 1. The third-order valence-corrected chi connectivity index (χ3v) is 3.78. The topological polar surface area (TPSA) is 126 Å². The summed E-state index contributed by atoms with van der Waals surface area (Å²) in [4.78, 5) is 22.0. The summed E-state index contributed by atoms with van der Waals surface area (Å²) in [6, 6.07) is 7.64. The molecule has 0 unspecified atom stereocenters. The van der Waals surface area contributed by atoms with Gasteiger partial charge in [0.1, 0.15) is 0 Å². The minimum Gasteiger partial charge on any atom is -0.456 e. The highest BCUT2D eigenvalue weighted by Crippen LogP contribution is 2.21. The Hall–Kier alpha value is -3.56. The molecule has 10 nitrogen and oxygen atoms in total. The number of carbonyl (C=O) groups is 1. The second kappa shape index (κ2) is 7.77. The molecule has 0 atom stereocenters. The van der Waals surface area contributed by atoms with E-state index >= 15 is 0 Å². The van der Waals surface area contributed by atoms with Gasteiger partial charge >= 0.3 is 5.97 Å². The summed E-state index contributed by atoms with van der Waals surface area (Å²) in [6.07, 6.45) is 0.172. The van der Waals surface area contributed by atoms with Crippen LogP contribution in [0.25, 0.3) is 11.5 Å². The molecule has 0 N–H and O–H groups in total. The van der Waals surface area contributed by atoms with E-state index in [1.807, 2.05) is 19.9 Å². The van der Waals surface area contributed by atoms with Gasteiger partial charge in [0.2, 0.25) is 5.89 Å². The number of hydrogen-bond acceptors (Lipinski definition) is 8. The fourth-order valence-corrected chi connectivity index (χ4v) is 2.47. The van der Waals surface area contributed by atoms with Crippen molar-refractivity contribution in [3.8, 4) is 11.5 Å². The molecule has 2 heterocycles. The Morgan fingerprint density at radius 2 is 2.00 bits per heavy atom. The first-order valence-corrected chi connectivity index (χ1v) is 8.16. The Labute approximate surface area is 153 Å². The predicted molar refractivity (Wildman–Crippen MR) is 92.5 cm³/mol. The molecular formula is C17H17N5O5. The van der Waals surface area contributed by atoms with Gasteiger partial charge in [-0.2, -0.15) is 5.10 Å². The number of ether oxygens (including phenoxy) is 1. The first-order chi connectivity index (χ1) is 12.9. The Kier molecular flexibility index (Phi) is 5.25. The third-order valence-electron chi connectivity index (χ3n) is 3.78. The normalized spacial score (nSPS) is 10.7. The molecule has 3 aromatic rings. The number of non-ortho nitro benzene ring substituents is 1. The quantitative estimate of drug-likeness (QED) is 0.352. The summed E-state index contributed by atoms with van der Waals surface area (Å²) < 4.78 is 12.3. The van der Waals surface area contributed by atoms with Crippen molar-refractivity contribution in [3.05, 3.63) is 57.7 Å². The number of nitro groups is 1. The summed E-state index contributed by atoms with van der Waals surface area (Å²) in [5.41, 5.74) is 2.38. The summed E-state index contributed by atoms with van der Waals surface area (Å²) >= 11 is 0. The lowest BCUT2D eigenvalue weighted by molar-refractivity contribution is -0.384. The molecule has 0 aliphatic rings. The van der Waals surface area contributed by atoms with Crippen LogP contribution in [0.5, 0.6) is 0 Å². The van der Waals surface area contributed by atoms with E-state index in [4.69, 9.17) is 9.15 Å². The molecule has 3 rings (SSSR count). The van der Waals surface area contributed by atoms with Crippen LogP contribution in [0.15, 0.2) is 34.7 Å². The average Bonchev–Trinajstić information content (AvgIpc) is 3.24. The van der Waals surface area contributed by atoms with Crippen molar-refractivity contribution in [1.82, 2.24) is 20.0 Å². The van der Waals surface area contributed by atoms with Crippen molar-refractivity contribution < 1.29 is 18.9 Å². The third kappa shape index (κ3) is 4.54. The maximum Gasteiger partial charge on any atom is 0.308 e. The van der Waals surface area contributed by atoms with Crippen molar-refractivity contribution in [2.75, 3.05) is 0 Å². The fourth-order valence-electron chi connectivity index (χ4n) is 2.47. The van der Waals surface area contributed by atoms with Crippen molar-refractivity contribution in [1.29, 1.82) is 0 Å². The smallest absolute Gasteiger partial charge is 0.308 e. The van der Waals surface area contributed by atoms with Gasteiger partial charge in [0.15, 0.2) is 6.61 Å². The Bertz CT molecular complexity index is 961. The van der Waals surface area contributed by atoms with Gasteiger partial charge < -0.3 is 9.15 Å². The zero-order valence-corrected chi connectivity index (χ0v) is 14.8. The predicted octanol–water partition coefficient (Wildman–Crippen LogP) is 2.59. The molecule has 1 aromatic carbocycles. The molecule has 27 heavy (non-hydrogen) atoms. The number of esters is 1. The molecule has 0 aliphatic heterocycles. The first kappa shape index (κ1) is 18.2. The number of carbonyl (C=O) groups excluding carboxylic acids is 1. The lowest BCUT2D eigenvalue weighted by Crippen LogP contribution is -2.11. The molecule has 0 bridgehead atoms. The van der Waals surface area contributed by atoms with Crippen LogP contribution in [0.2, 0.25) is 0 Å². The second-order valence-electron chi connectivity index (χ2n) is 5.87. The van der Waals surface area contributed by atoms with E-state index in [9.17, 15) is 14.9 Å². The number of hydrogen-bond donors (Lipinski definition) is 0. The van der Waals surface area contributed by atoms with Crippen LogP contribution in [0.4, 0.5) is 5.69 Å². The van der Waals surface area contributed by atoms with Crippen LogP contribution in [-0.2, 0) is 22.7 Å². The number of nitrogens with zero attached hydrogens (tertiary/aromatic N) is 5. The monoisotopic (exact) mass is 371 g/mol. The summed E-state index contributed by atoms with van der Waals surface area (Å²) in [6.45, 7) is 4.09. The van der Waals surface area contributed by atoms with Crippen LogP contribution < -0.4 is 0 Å². The van der Waals surface area contributed by atoms with Crippen LogP contribution in [0.1, 0.15) is 23.7 Å². The van der Waals surface area contributed by atoms with E-state index in [1.165, 1.54) is 24.3 Å². The van der Waals surface area contributed by atoms with Crippen molar-refractivity contribution >= 4 is 11.7 Å². The molecule has 0 radical (unpaired) electrons. The van der Waals surface area contributed by atoms with Gasteiger partial charge in [0, 0.05) is 23.4 Å². The van der Waals surface area contributed by atoms with Gasteiger partial charge in [0.05, 0.1) is 23.6 Å². The van der Waals surface area contributed by atoms with Crippen molar-refractivity contribution in [3.63, 3.8) is 0 Å². The highest BCUT2D eigenvalue weighted by Gasteiger charge is 2.13. The number of rotatable bonds is 7. The van der Waals surface area contributed by atoms with E-state index in [0.717, 1.165) is 11.4 Å². The zero-order valence-electron chi connectivity index (χ0n) is 14.8. The van der Waals surface area contributed by atoms with Crippen molar-refractivity contribution in [2.45, 2.75) is 33.4 Å². The summed E-state index contributed by atoms with van der Waals surface area (Å²) in [7, 11) is 0. The van der Waals surface area contributed by atoms with Crippen LogP contribution in [-0.4, -0.2) is 30.9 Å². The highest BCUT2D eigenvalue weighted by atomic mass is 16.6. The highest BCUT2D eigenvalue weighted by molar-refractivity contribution is 5.69. The number of aromatic nitrogens is 4. The molecule has 10 heteroatoms. The van der Waals surface area contributed by atoms with Gasteiger partial charge in [-0.05, 0) is 32.0 Å². The molecule has 0 spiro atoms. The van der Waals surface area contributed by atoms with Crippen molar-refractivity contribution in [2.24, 2.45) is 0 Å². The Morgan fingerprint density at radius 1 is 1.26 bits per heavy atom. The Balaban J connectivity index is 1.52. The molecular weight excluding hydrogens is 354 g/mol. The van der Waals surface area contributed by atoms with Gasteiger partial charge in [-0.15, -0.1) is 10.2 Å². The maximum atomic E-state index is 11.9. The minimum atomic E-state index is -0.492. The standard InChI is InChI=1S/C17H17N5O5/c1-11-9-12(2)21(20-11)8-7-16(23)26-10-15-18-19-17(27-15)13-3-5-14(6-4-13)22(24)25/h3-6,9H,7-8,10H2,1-2H3. The molecule has 0 amide bonds. The zero-order chi connectivity index (χ0) is 19.4. The number of nitro benzene ring substituents is 1. The van der Waals surface area contributed by atoms with E-state index < -0.39 is 10.9 Å². The van der Waals surface area contributed by atoms with E-state index in [-0.39, 0.29) is 30.5 Å². The second-order valence-corrected chi connectivity index (χ2v) is 5.87. The SMILES string of the molecule is Cc1cc(C)n(CCC(=O)OCc2nnc(-c3ccc([N+](=O)[O-])cc3)o2)n1. The molecule has 0 saturated heterocycles. The van der Waals surface area contributed by atoms with E-state index in [0.29, 0.717) is 12.1 Å². The van der Waals surface area contributed by atoms with Crippen LogP contribution in [0, 0.1) is 24.0 Å². The van der Waals surface area contributed by atoms with Crippen LogP contribution >= 0.6 is 0 Å². The Morgan fingerprint density at radius 3 is 2.63 bits per heavy atom. The molecule has 0 aliphatic carbocycles. The minimum absolute atomic E-state index is 0.0324. The van der Waals surface area contributed by atoms with E-state index in [2.05, 4.69) is 15.3 Å². The van der Waals surface area contributed by atoms with Crippen LogP contribution in [0.3, 0.4) is 0 Å². The first-order valence-electron chi connectivity index (χ1n) is 8.16. The van der Waals surface area contributed by atoms with Gasteiger partial charge in [-0.3, -0.25) is 19.6 Å². The van der Waals surface area contributed by atoms with Gasteiger partial charge in [-0.25, -0.2) is 0 Å². The molecule has 140 valence electrons. The molecule has 0 fully saturated rings. The summed E-state index contributed by atoms with van der Waals surface area (Å²) in [5.74, 6) is -0.0703. The fraction of sp³-hybridized carbons (Fsp3) is 0.294. The molecule has 2 aromatic heterocycles. The lowest BCUT2D eigenvalue weighted by Gasteiger charge is -2.04. The van der Waals surface area contributed by atoms with Gasteiger partial charge in [0.25, 0.3) is 11.6 Å². The maximum absolute atomic E-state index is 11.9. The largest absolute Gasteiger partial charge is 0.456 e. The lowest BCUT2D eigenvalue weighted by atomic mass is 10.2. The summed E-state index contributed by atoms with van der Waals surface area (Å²) in [5, 5.41) is 22.6. The number of aryl methyl sites for hydroxylation is 3.